The van der Waals surface area contributed by atoms with Gasteiger partial charge in [0.15, 0.2) is 0 Å². The fourth-order valence-electron chi connectivity index (χ4n) is 4.49. The number of nitrogens with one attached hydrogen (secondary N) is 2. The van der Waals surface area contributed by atoms with Crippen molar-refractivity contribution < 1.29 is 26.4 Å². The first-order valence-corrected chi connectivity index (χ1v) is 12.9. The number of hydrogen-bond donors (Lipinski definition) is 2. The van der Waals surface area contributed by atoms with Crippen molar-refractivity contribution in [2.24, 2.45) is 0 Å². The average Bonchev–Trinajstić information content (AvgIpc) is 3.28. The number of halogens is 3. The summed E-state index contributed by atoms with van der Waals surface area (Å²) in [4.78, 5) is 11.4. The summed E-state index contributed by atoms with van der Waals surface area (Å²) in [5.41, 5.74) is 0.145. The number of hydrogen-bond acceptors (Lipinski definition) is 6. The van der Waals surface area contributed by atoms with Crippen LogP contribution < -0.4 is 15.2 Å². The highest BCUT2D eigenvalue weighted by Crippen LogP contribution is 2.44. The Hall–Kier alpha value is -3.28. The minimum absolute atomic E-state index is 0.0299. The van der Waals surface area contributed by atoms with Gasteiger partial charge in [0.1, 0.15) is 28.7 Å². The summed E-state index contributed by atoms with van der Waals surface area (Å²) >= 11 is 6.13. The second-order valence-electron chi connectivity index (χ2n) is 8.41. The van der Waals surface area contributed by atoms with Crippen molar-refractivity contribution in [3.05, 3.63) is 86.9 Å². The summed E-state index contributed by atoms with van der Waals surface area (Å²) in [7, 11) is -4.44. The Bertz CT molecular complexity index is 1620. The van der Waals surface area contributed by atoms with Gasteiger partial charge in [-0.15, -0.1) is 5.10 Å². The van der Waals surface area contributed by atoms with Gasteiger partial charge in [0.05, 0.1) is 11.6 Å². The van der Waals surface area contributed by atoms with Gasteiger partial charge >= 0.3 is 5.76 Å². The Morgan fingerprint density at radius 2 is 1.97 bits per heavy atom. The van der Waals surface area contributed by atoms with Gasteiger partial charge in [0.25, 0.3) is 0 Å². The Balaban J connectivity index is 1.63. The van der Waals surface area contributed by atoms with Crippen LogP contribution in [0.15, 0.2) is 62.6 Å². The van der Waals surface area contributed by atoms with E-state index in [1.54, 1.807) is 37.3 Å². The zero-order chi connectivity index (χ0) is 25.6. The van der Waals surface area contributed by atoms with Crippen LogP contribution in [0.25, 0.3) is 10.8 Å². The minimum atomic E-state index is -4.44. The highest BCUT2D eigenvalue weighted by Gasteiger charge is 2.36. The topological polar surface area (TPSA) is 114 Å². The van der Waals surface area contributed by atoms with Gasteiger partial charge in [-0.05, 0) is 29.0 Å². The van der Waals surface area contributed by atoms with Gasteiger partial charge in [-0.1, -0.05) is 48.9 Å². The van der Waals surface area contributed by atoms with E-state index >= 15 is 4.39 Å². The molecule has 0 saturated carbocycles. The van der Waals surface area contributed by atoms with E-state index in [0.29, 0.717) is 5.39 Å². The number of fused-ring (bicyclic) bond motifs is 2. The molecule has 0 aliphatic carbocycles. The summed E-state index contributed by atoms with van der Waals surface area (Å²) in [6, 6.07) is 11.1. The smallest absolute Gasteiger partial charge is 0.434 e. The Morgan fingerprint density at radius 1 is 1.19 bits per heavy atom. The van der Waals surface area contributed by atoms with Gasteiger partial charge in [-0.2, -0.15) is 4.72 Å². The maximum absolute atomic E-state index is 15.1. The first-order chi connectivity index (χ1) is 17.2. The number of H-pyrrole nitrogens is 1. The van der Waals surface area contributed by atoms with E-state index in [-0.39, 0.29) is 45.7 Å². The normalized spacial score (nSPS) is 17.4. The molecule has 0 bridgehead atoms. The molecule has 36 heavy (non-hydrogen) atoms. The van der Waals surface area contributed by atoms with E-state index in [0.717, 1.165) is 5.39 Å². The molecule has 0 fully saturated rings. The summed E-state index contributed by atoms with van der Waals surface area (Å²) in [6.07, 6.45) is -1.47. The lowest BCUT2D eigenvalue weighted by Crippen LogP contribution is -2.33. The van der Waals surface area contributed by atoms with E-state index in [4.69, 9.17) is 20.8 Å². The third-order valence-electron chi connectivity index (χ3n) is 6.20. The van der Waals surface area contributed by atoms with Gasteiger partial charge in [-0.25, -0.2) is 27.1 Å². The lowest BCUT2D eigenvalue weighted by atomic mass is 9.89. The van der Waals surface area contributed by atoms with Crippen molar-refractivity contribution in [3.63, 3.8) is 0 Å². The fraction of sp³-hybridized carbons (Fsp3) is 0.250. The lowest BCUT2D eigenvalue weighted by molar-refractivity contribution is 0.195. The molecular weight excluding hydrogens is 516 g/mol. The maximum atomic E-state index is 15.1. The zero-order valence-electron chi connectivity index (χ0n) is 18.8. The summed E-state index contributed by atoms with van der Waals surface area (Å²) < 4.78 is 70.0. The molecule has 0 spiro atoms. The number of aromatic nitrogens is 2. The molecule has 1 aliphatic heterocycles. The second-order valence-corrected chi connectivity index (χ2v) is 10.5. The van der Waals surface area contributed by atoms with Crippen LogP contribution in [0, 0.1) is 5.82 Å². The Labute approximate surface area is 209 Å². The first kappa shape index (κ1) is 24.4. The molecule has 0 amide bonds. The molecule has 2 N–H and O–H groups in total. The zero-order valence-corrected chi connectivity index (χ0v) is 20.4. The second kappa shape index (κ2) is 9.30. The highest BCUT2D eigenvalue weighted by molar-refractivity contribution is 7.89. The maximum Gasteiger partial charge on any atom is 0.434 e. The third-order valence-corrected chi connectivity index (χ3v) is 8.00. The number of nitrogens with zero attached hydrogens (tertiary/aromatic N) is 1. The van der Waals surface area contributed by atoms with Crippen LogP contribution in [0.2, 0.25) is 5.02 Å². The molecule has 12 heteroatoms. The van der Waals surface area contributed by atoms with E-state index in [1.807, 2.05) is 0 Å². The molecule has 5 rings (SSSR count). The molecule has 1 aromatic heterocycles. The van der Waals surface area contributed by atoms with Crippen molar-refractivity contribution in [1.82, 2.24) is 14.9 Å². The number of sulfonamides is 1. The monoisotopic (exact) mass is 535 g/mol. The van der Waals surface area contributed by atoms with Crippen LogP contribution in [-0.4, -0.2) is 25.2 Å². The summed E-state index contributed by atoms with van der Waals surface area (Å²) in [5, 5.41) is 7.23. The number of aromatic amines is 1. The van der Waals surface area contributed by atoms with Crippen LogP contribution in [0.1, 0.15) is 48.5 Å². The molecule has 3 aromatic carbocycles. The third kappa shape index (κ3) is 4.27. The first-order valence-electron chi connectivity index (χ1n) is 11.0. The molecule has 4 aromatic rings. The molecule has 8 nitrogen and oxygen atoms in total. The highest BCUT2D eigenvalue weighted by atomic mass is 35.5. The number of benzene rings is 3. The standard InChI is InChI=1S/C24H20ClF2N3O5S/c1-12(19-14-5-3-2-4-13(14)6-8-16(19)26)21(23-28-29-24(31)35-23)30-36(32,33)18-9-7-15(25)20-17(27)10-11-34-22(18)20/h2-9,12,17,21,30H,10-11H2,1H3,(H,29,31). The average molecular weight is 536 g/mol. The van der Waals surface area contributed by atoms with E-state index in [2.05, 4.69) is 14.9 Å². The molecule has 2 heterocycles. The van der Waals surface area contributed by atoms with Gasteiger partial charge in [0, 0.05) is 23.5 Å². The van der Waals surface area contributed by atoms with Gasteiger partial charge in [-0.3, -0.25) is 0 Å². The minimum Gasteiger partial charge on any atom is -0.492 e. The van der Waals surface area contributed by atoms with Crippen molar-refractivity contribution in [2.75, 3.05) is 6.61 Å². The van der Waals surface area contributed by atoms with Gasteiger partial charge < -0.3 is 9.15 Å². The molecule has 0 radical (unpaired) electrons. The molecule has 3 atom stereocenters. The van der Waals surface area contributed by atoms with Crippen LogP contribution in [0.3, 0.4) is 0 Å². The summed E-state index contributed by atoms with van der Waals surface area (Å²) in [5.74, 6) is -2.87. The van der Waals surface area contributed by atoms with E-state index in [9.17, 15) is 17.6 Å². The SMILES string of the molecule is CC(c1c(F)ccc2ccccc12)C(NS(=O)(=O)c1ccc(Cl)c2c1OCCC2F)c1n[nH]c(=O)o1. The molecule has 188 valence electrons. The number of ether oxygens (including phenoxy) is 1. The largest absolute Gasteiger partial charge is 0.492 e. The molecule has 0 saturated heterocycles. The van der Waals surface area contributed by atoms with Crippen LogP contribution >= 0.6 is 11.6 Å². The van der Waals surface area contributed by atoms with Crippen molar-refractivity contribution >= 4 is 32.4 Å². The lowest BCUT2D eigenvalue weighted by Gasteiger charge is -2.27. The van der Waals surface area contributed by atoms with Crippen molar-refractivity contribution in [3.8, 4) is 5.75 Å². The van der Waals surface area contributed by atoms with Crippen molar-refractivity contribution in [2.45, 2.75) is 36.4 Å². The fourth-order valence-corrected chi connectivity index (χ4v) is 6.18. The quantitative estimate of drug-likeness (QED) is 0.362. The Kier molecular flexibility index (Phi) is 6.31. The van der Waals surface area contributed by atoms with Crippen LogP contribution in [0.5, 0.6) is 5.75 Å². The van der Waals surface area contributed by atoms with E-state index in [1.165, 1.54) is 18.2 Å². The predicted molar refractivity (Wildman–Crippen MR) is 128 cm³/mol. The predicted octanol–water partition coefficient (Wildman–Crippen LogP) is 4.93. The molecule has 1 aliphatic rings. The van der Waals surface area contributed by atoms with E-state index < -0.39 is 39.7 Å². The summed E-state index contributed by atoms with van der Waals surface area (Å²) in [6.45, 7) is 1.55. The Morgan fingerprint density at radius 3 is 2.72 bits per heavy atom. The van der Waals surface area contributed by atoms with Gasteiger partial charge in [0.2, 0.25) is 15.9 Å². The number of rotatable bonds is 6. The van der Waals surface area contributed by atoms with Crippen molar-refractivity contribution in [1.29, 1.82) is 0 Å². The number of alkyl halides is 1. The van der Waals surface area contributed by atoms with Crippen LogP contribution in [-0.2, 0) is 10.0 Å². The molecule has 3 unspecified atom stereocenters. The molecular formula is C24H20ClF2N3O5S. The van der Waals surface area contributed by atoms with Crippen LogP contribution in [0.4, 0.5) is 8.78 Å².